The van der Waals surface area contributed by atoms with Crippen molar-refractivity contribution in [3.63, 3.8) is 0 Å². The number of nitro benzene ring substituents is 1. The number of carboxylic acids is 2. The van der Waals surface area contributed by atoms with E-state index < -0.39 is 29.3 Å². The molecule has 4 aliphatic carbocycles. The Labute approximate surface area is 355 Å². The van der Waals surface area contributed by atoms with Gasteiger partial charge in [0.15, 0.2) is 0 Å². The molecule has 7 unspecified atom stereocenters. The van der Waals surface area contributed by atoms with Gasteiger partial charge in [0.25, 0.3) is 17.6 Å². The quantitative estimate of drug-likeness (QED) is 0.0436. The van der Waals surface area contributed by atoms with E-state index in [-0.39, 0.29) is 17.2 Å². The Bertz CT molecular complexity index is 1480. The Kier molecular flexibility index (Phi) is 22.5. The van der Waals surface area contributed by atoms with Crippen LogP contribution in [0.1, 0.15) is 115 Å². The average Bonchev–Trinajstić information content (AvgIpc) is 3.55. The summed E-state index contributed by atoms with van der Waals surface area (Å²) in [5, 5.41) is 28.2. The lowest BCUT2D eigenvalue weighted by molar-refractivity contribution is -0.384. The van der Waals surface area contributed by atoms with Crippen molar-refractivity contribution >= 4 is 29.5 Å². The van der Waals surface area contributed by atoms with E-state index in [1.54, 1.807) is 0 Å². The summed E-state index contributed by atoms with van der Waals surface area (Å²) in [6.07, 6.45) is 17.2. The predicted molar refractivity (Wildman–Crippen MR) is 223 cm³/mol. The largest absolute Gasteiger partial charge is 0.481 e. The van der Waals surface area contributed by atoms with E-state index in [0.717, 1.165) is 42.9 Å². The number of hydrogen-bond acceptors (Lipinski definition) is 12. The highest BCUT2D eigenvalue weighted by Gasteiger charge is 2.59. The molecular weight excluding hydrogens is 778 g/mol. The molecule has 1 amide bonds. The summed E-state index contributed by atoms with van der Waals surface area (Å²) in [6, 6.07) is 4.87. The van der Waals surface area contributed by atoms with Gasteiger partial charge < -0.3 is 44.9 Å². The number of non-ortho nitro benzene ring substituents is 1. The van der Waals surface area contributed by atoms with Crippen LogP contribution in [-0.2, 0) is 38.1 Å². The van der Waals surface area contributed by atoms with Crippen molar-refractivity contribution in [3.8, 4) is 0 Å². The molecule has 60 heavy (non-hydrogen) atoms. The number of carboxylic acid groups (broad SMARTS) is 2. The van der Waals surface area contributed by atoms with Crippen molar-refractivity contribution in [2.45, 2.75) is 104 Å². The van der Waals surface area contributed by atoms with Crippen molar-refractivity contribution < 1.29 is 58.0 Å². The van der Waals surface area contributed by atoms with Crippen molar-refractivity contribution in [1.29, 1.82) is 0 Å². The third-order valence-corrected chi connectivity index (χ3v) is 13.3. The lowest BCUT2D eigenvalue weighted by Crippen LogP contribution is -2.52. The molecule has 1 aromatic carbocycles. The second kappa shape index (κ2) is 26.6. The molecule has 340 valence electrons. The topological polar surface area (TPSA) is 236 Å². The molecule has 0 saturated heterocycles. The molecule has 0 heterocycles. The third-order valence-electron chi connectivity index (χ3n) is 13.3. The van der Waals surface area contributed by atoms with E-state index in [2.05, 4.69) is 19.2 Å². The van der Waals surface area contributed by atoms with Crippen LogP contribution < -0.4 is 11.1 Å². The second-order valence-corrected chi connectivity index (χ2v) is 17.0. The zero-order chi connectivity index (χ0) is 44.0. The minimum atomic E-state index is -1.16. The monoisotopic (exact) mass is 849 g/mol. The van der Waals surface area contributed by atoms with Crippen LogP contribution in [0.5, 0.6) is 0 Å². The number of aliphatic carboxylic acids is 2. The smallest absolute Gasteiger partial charge is 0.322 e. The molecule has 16 heteroatoms. The molecule has 5 rings (SSSR count). The molecular formula is C44H71N3O13. The molecule has 0 aromatic heterocycles. The van der Waals surface area contributed by atoms with Crippen LogP contribution in [-0.4, -0.2) is 112 Å². The van der Waals surface area contributed by atoms with E-state index in [9.17, 15) is 24.5 Å². The van der Waals surface area contributed by atoms with Crippen LogP contribution in [0.15, 0.2) is 24.3 Å². The third kappa shape index (κ3) is 16.3. The van der Waals surface area contributed by atoms with Crippen molar-refractivity contribution in [2.24, 2.45) is 46.2 Å². The van der Waals surface area contributed by atoms with Crippen LogP contribution in [0, 0.1) is 50.5 Å². The number of carbonyl (C=O) groups excluding carboxylic acids is 2. The maximum absolute atomic E-state index is 12.3. The first kappa shape index (κ1) is 50.7. The highest BCUT2D eigenvalue weighted by molar-refractivity contribution is 5.95. The lowest BCUT2D eigenvalue weighted by Gasteiger charge is -2.60. The van der Waals surface area contributed by atoms with Gasteiger partial charge in [0, 0.05) is 37.6 Å². The predicted octanol–water partition coefficient (Wildman–Crippen LogP) is 6.27. The van der Waals surface area contributed by atoms with Crippen molar-refractivity contribution in [3.05, 3.63) is 39.9 Å². The van der Waals surface area contributed by atoms with Crippen molar-refractivity contribution in [1.82, 2.24) is 5.32 Å². The zero-order valence-electron chi connectivity index (χ0n) is 36.1. The van der Waals surface area contributed by atoms with Gasteiger partial charge in [0.2, 0.25) is 0 Å². The zero-order valence-corrected chi connectivity index (χ0v) is 36.1. The number of ether oxygens (including phenoxy) is 5. The summed E-state index contributed by atoms with van der Waals surface area (Å²) in [4.78, 5) is 52.5. The van der Waals surface area contributed by atoms with Gasteiger partial charge in [-0.15, -0.1) is 0 Å². The number of benzene rings is 1. The van der Waals surface area contributed by atoms with Crippen LogP contribution in [0.25, 0.3) is 0 Å². The average molecular weight is 850 g/mol. The molecule has 16 nitrogen and oxygen atoms in total. The lowest BCUT2D eigenvalue weighted by atomic mass is 9.45. The summed E-state index contributed by atoms with van der Waals surface area (Å²) < 4.78 is 27.1. The van der Waals surface area contributed by atoms with Gasteiger partial charge in [0.05, 0.1) is 57.8 Å². The Morgan fingerprint density at radius 2 is 1.37 bits per heavy atom. The number of rotatable bonds is 22. The number of nitro groups is 1. The SMILES string of the molecule is CC(=O)O.CC12CCCCC1CCC1C2CCC2(C)C(CCCC(=O)OCCOCCOCCOCCOCCN)CCC12.O=C(O)CNC(=O)c1ccc([N+](=O)[O-])cc1. The number of carbonyl (C=O) groups is 4. The van der Waals surface area contributed by atoms with Crippen molar-refractivity contribution in [2.75, 3.05) is 72.6 Å². The molecule has 0 spiro atoms. The van der Waals surface area contributed by atoms with E-state index in [1.165, 1.54) is 94.9 Å². The fourth-order valence-corrected chi connectivity index (χ4v) is 10.5. The van der Waals surface area contributed by atoms with Gasteiger partial charge in [-0.3, -0.25) is 29.3 Å². The molecule has 4 aliphatic rings. The Morgan fingerprint density at radius 3 is 1.95 bits per heavy atom. The molecule has 0 aliphatic heterocycles. The summed E-state index contributed by atoms with van der Waals surface area (Å²) in [6.45, 7) is 10.9. The minimum Gasteiger partial charge on any atom is -0.481 e. The molecule has 5 N–H and O–H groups in total. The molecule has 7 atom stereocenters. The highest BCUT2D eigenvalue weighted by atomic mass is 16.6. The number of nitrogens with zero attached hydrogens (tertiary/aromatic N) is 1. The first-order valence-electron chi connectivity index (χ1n) is 21.8. The fourth-order valence-electron chi connectivity index (χ4n) is 10.5. The van der Waals surface area contributed by atoms with Gasteiger partial charge in [-0.25, -0.2) is 0 Å². The first-order valence-corrected chi connectivity index (χ1v) is 21.8. The molecule has 4 fully saturated rings. The summed E-state index contributed by atoms with van der Waals surface area (Å²) in [7, 11) is 0. The maximum Gasteiger partial charge on any atom is 0.322 e. The van der Waals surface area contributed by atoms with E-state index >= 15 is 0 Å². The standard InChI is InChI=1S/C33H59NO6.C9H8N2O5.C2H4O2/c1-32-14-4-3-6-26(32)9-11-28-29-12-10-27(33(29,2)15-13-30(28)32)7-5-8-31(35)40-25-24-39-23-22-38-21-20-37-19-18-36-17-16-34;12-8(13)5-10-9(14)6-1-3-7(4-2-6)11(15)16;1-2(3)4/h26-30H,3-25,34H2,1-2H3;1-4H,5H2,(H,10,14)(H,12,13);1H3,(H,3,4). The van der Waals surface area contributed by atoms with Gasteiger partial charge >= 0.3 is 11.9 Å². The maximum atomic E-state index is 12.3. The van der Waals surface area contributed by atoms with Gasteiger partial charge in [-0.1, -0.05) is 26.7 Å². The summed E-state index contributed by atoms with van der Waals surface area (Å²) >= 11 is 0. The van der Waals surface area contributed by atoms with E-state index in [4.69, 9.17) is 44.4 Å². The molecule has 0 bridgehead atoms. The van der Waals surface area contributed by atoms with Gasteiger partial charge in [-0.2, -0.15) is 0 Å². The number of hydrogen-bond donors (Lipinski definition) is 4. The fraction of sp³-hybridized carbons (Fsp3) is 0.773. The van der Waals surface area contributed by atoms with Gasteiger partial charge in [0.1, 0.15) is 13.2 Å². The number of esters is 1. The van der Waals surface area contributed by atoms with Gasteiger partial charge in [-0.05, 0) is 117 Å². The van der Waals surface area contributed by atoms with Crippen LogP contribution in [0.3, 0.4) is 0 Å². The Morgan fingerprint density at radius 1 is 0.783 bits per heavy atom. The number of amides is 1. The molecule has 4 saturated carbocycles. The normalized spacial score (nSPS) is 26.4. The molecule has 1 aromatic rings. The first-order chi connectivity index (χ1) is 28.7. The summed E-state index contributed by atoms with van der Waals surface area (Å²) in [5.41, 5.74) is 6.51. The second-order valence-electron chi connectivity index (χ2n) is 17.0. The Balaban J connectivity index is 0.000000398. The van der Waals surface area contributed by atoms with E-state index in [0.29, 0.717) is 83.3 Å². The number of nitrogens with one attached hydrogen (secondary N) is 1. The highest BCUT2D eigenvalue weighted by Crippen LogP contribution is 2.67. The minimum absolute atomic E-state index is 0.0839. The summed E-state index contributed by atoms with van der Waals surface area (Å²) in [5.74, 6) is 1.96. The number of fused-ring (bicyclic) bond motifs is 5. The van der Waals surface area contributed by atoms with E-state index in [1.807, 2.05) is 0 Å². The number of nitrogens with two attached hydrogens (primary N) is 1. The van der Waals surface area contributed by atoms with Crippen LogP contribution >= 0.6 is 0 Å². The Hall–Kier alpha value is -3.70. The van der Waals surface area contributed by atoms with Crippen LogP contribution in [0.4, 0.5) is 5.69 Å². The molecule has 0 radical (unpaired) electrons. The van der Waals surface area contributed by atoms with Crippen LogP contribution in [0.2, 0.25) is 0 Å².